The second kappa shape index (κ2) is 10.6. The number of pyridine rings is 1. The molecule has 2 rings (SSSR count). The molecule has 0 aliphatic heterocycles. The number of aromatic hydroxyl groups is 1. The lowest BCUT2D eigenvalue weighted by atomic mass is 10.1. The monoisotopic (exact) mass is 482 g/mol. The molecule has 2 aromatic rings. The summed E-state index contributed by atoms with van der Waals surface area (Å²) in [7, 11) is 2.83. The highest BCUT2D eigenvalue weighted by atomic mass is 35.7. The van der Waals surface area contributed by atoms with Crippen LogP contribution in [-0.2, 0) is 13.8 Å². The lowest BCUT2D eigenvalue weighted by molar-refractivity contribution is 0.144. The third kappa shape index (κ3) is 5.45. The molecule has 32 heavy (non-hydrogen) atoms. The SMILES string of the molecule is CCC(C)n1c(O)c(N=Nc2ccc(OCCOC)c(S(=O)(=O)Cl)c2)c(C)c(C#N)c1=O. The lowest BCUT2D eigenvalue weighted by Gasteiger charge is -2.17. The van der Waals surface area contributed by atoms with Crippen LogP contribution in [0.5, 0.6) is 11.6 Å². The maximum atomic E-state index is 12.6. The molecule has 0 aliphatic carbocycles. The summed E-state index contributed by atoms with van der Waals surface area (Å²) in [6, 6.07) is 5.43. The Morgan fingerprint density at radius 1 is 1.31 bits per heavy atom. The molecule has 1 unspecified atom stereocenters. The van der Waals surface area contributed by atoms with Crippen LogP contribution in [0.1, 0.15) is 37.4 Å². The van der Waals surface area contributed by atoms with Crippen molar-refractivity contribution < 1.29 is 23.0 Å². The normalized spacial score (nSPS) is 12.6. The molecule has 0 fully saturated rings. The van der Waals surface area contributed by atoms with Gasteiger partial charge in [-0.3, -0.25) is 9.36 Å². The second-order valence-corrected chi connectivity index (χ2v) is 9.36. The van der Waals surface area contributed by atoms with E-state index >= 15 is 0 Å². The van der Waals surface area contributed by atoms with Crippen molar-refractivity contribution >= 4 is 31.1 Å². The van der Waals surface area contributed by atoms with Crippen molar-refractivity contribution in [2.45, 2.75) is 38.1 Å². The van der Waals surface area contributed by atoms with E-state index in [4.69, 9.17) is 20.2 Å². The fraction of sp³-hybridized carbons (Fsp3) is 0.400. The molecular weight excluding hydrogens is 460 g/mol. The van der Waals surface area contributed by atoms with Gasteiger partial charge in [0.15, 0.2) is 5.69 Å². The van der Waals surface area contributed by atoms with Gasteiger partial charge in [0.25, 0.3) is 14.6 Å². The van der Waals surface area contributed by atoms with Crippen LogP contribution in [-0.4, -0.2) is 38.4 Å². The summed E-state index contributed by atoms with van der Waals surface area (Å²) in [5.41, 5.74) is -0.603. The van der Waals surface area contributed by atoms with Gasteiger partial charge in [0.05, 0.1) is 12.3 Å². The molecule has 0 saturated heterocycles. The number of methoxy groups -OCH3 is 1. The molecule has 10 nitrogen and oxygen atoms in total. The summed E-state index contributed by atoms with van der Waals surface area (Å²) >= 11 is 0. The van der Waals surface area contributed by atoms with Gasteiger partial charge < -0.3 is 14.6 Å². The molecule has 0 radical (unpaired) electrons. The van der Waals surface area contributed by atoms with E-state index in [1.807, 2.05) is 13.0 Å². The quantitative estimate of drug-likeness (QED) is 0.322. The van der Waals surface area contributed by atoms with Gasteiger partial charge >= 0.3 is 0 Å². The topological polar surface area (TPSA) is 143 Å². The summed E-state index contributed by atoms with van der Waals surface area (Å²) in [6.45, 7) is 5.37. The van der Waals surface area contributed by atoms with Crippen molar-refractivity contribution in [1.82, 2.24) is 4.57 Å². The van der Waals surface area contributed by atoms with Gasteiger partial charge in [0.1, 0.15) is 28.9 Å². The highest BCUT2D eigenvalue weighted by Gasteiger charge is 2.22. The Hall–Kier alpha value is -2.94. The molecule has 1 heterocycles. The molecule has 0 amide bonds. The van der Waals surface area contributed by atoms with E-state index in [-0.39, 0.29) is 52.4 Å². The van der Waals surface area contributed by atoms with Crippen LogP contribution in [0.3, 0.4) is 0 Å². The summed E-state index contributed by atoms with van der Waals surface area (Å²) in [5.74, 6) is -0.415. The van der Waals surface area contributed by atoms with Gasteiger partial charge in [-0.05, 0) is 38.5 Å². The molecule has 1 atom stereocenters. The van der Waals surface area contributed by atoms with E-state index < -0.39 is 20.5 Å². The molecule has 1 N–H and O–H groups in total. The van der Waals surface area contributed by atoms with Crippen molar-refractivity contribution in [1.29, 1.82) is 5.26 Å². The Kier molecular flexibility index (Phi) is 8.38. The molecule has 1 aromatic carbocycles. The summed E-state index contributed by atoms with van der Waals surface area (Å²) in [4.78, 5) is 12.3. The van der Waals surface area contributed by atoms with Gasteiger partial charge in [-0.15, -0.1) is 5.11 Å². The van der Waals surface area contributed by atoms with Crippen molar-refractivity contribution in [3.63, 3.8) is 0 Å². The number of benzene rings is 1. The highest BCUT2D eigenvalue weighted by molar-refractivity contribution is 8.13. The highest BCUT2D eigenvalue weighted by Crippen LogP contribution is 2.36. The zero-order valence-corrected chi connectivity index (χ0v) is 19.6. The number of halogens is 1. The van der Waals surface area contributed by atoms with Gasteiger partial charge in [0, 0.05) is 29.4 Å². The van der Waals surface area contributed by atoms with E-state index in [9.17, 15) is 23.6 Å². The third-order valence-corrected chi connectivity index (χ3v) is 6.09. The Morgan fingerprint density at radius 2 is 2.00 bits per heavy atom. The number of ether oxygens (including phenoxy) is 2. The zero-order valence-electron chi connectivity index (χ0n) is 18.0. The van der Waals surface area contributed by atoms with E-state index in [0.29, 0.717) is 6.42 Å². The maximum Gasteiger partial charge on any atom is 0.271 e. The first-order valence-electron chi connectivity index (χ1n) is 9.57. The average molecular weight is 483 g/mol. The Morgan fingerprint density at radius 3 is 2.56 bits per heavy atom. The number of aromatic nitrogens is 1. The van der Waals surface area contributed by atoms with Crippen LogP contribution in [0.15, 0.2) is 38.1 Å². The molecule has 0 aliphatic rings. The molecule has 172 valence electrons. The number of nitriles is 1. The van der Waals surface area contributed by atoms with Gasteiger partial charge in [-0.1, -0.05) is 6.92 Å². The minimum atomic E-state index is -4.16. The molecule has 0 saturated carbocycles. The van der Waals surface area contributed by atoms with E-state index in [1.165, 1.54) is 26.2 Å². The number of rotatable bonds is 9. The second-order valence-electron chi connectivity index (χ2n) is 6.83. The molecular formula is C20H23ClN4O6S. The molecule has 1 aromatic heterocycles. The fourth-order valence-corrected chi connectivity index (χ4v) is 3.82. The Bertz CT molecular complexity index is 1230. The largest absolute Gasteiger partial charge is 0.493 e. The van der Waals surface area contributed by atoms with Crippen LogP contribution in [0, 0.1) is 18.3 Å². The van der Waals surface area contributed by atoms with E-state index in [2.05, 4.69) is 10.2 Å². The summed E-state index contributed by atoms with van der Waals surface area (Å²) < 4.78 is 35.3. The first kappa shape index (κ1) is 25.3. The van der Waals surface area contributed by atoms with E-state index in [0.717, 1.165) is 10.6 Å². The van der Waals surface area contributed by atoms with Gasteiger partial charge in [-0.2, -0.15) is 10.4 Å². The molecule has 12 heteroatoms. The first-order chi connectivity index (χ1) is 15.1. The van der Waals surface area contributed by atoms with Crippen molar-refractivity contribution in [2.24, 2.45) is 10.2 Å². The van der Waals surface area contributed by atoms with Gasteiger partial charge in [0.2, 0.25) is 5.88 Å². The summed E-state index contributed by atoms with van der Waals surface area (Å²) in [6.07, 6.45) is 0.527. The van der Waals surface area contributed by atoms with Crippen LogP contribution in [0.25, 0.3) is 0 Å². The smallest absolute Gasteiger partial charge is 0.271 e. The minimum Gasteiger partial charge on any atom is -0.493 e. The maximum absolute atomic E-state index is 12.6. The summed E-state index contributed by atoms with van der Waals surface area (Å²) in [5, 5.41) is 28.0. The standard InChI is InChI=1S/C20H23ClN4O6S/c1-5-12(2)25-19(26)15(11-22)13(3)18(20(25)27)24-23-14-6-7-16(31-9-8-30-4)17(10-14)32(21,28)29/h6-7,10,12,27H,5,8-9H2,1-4H3. The van der Waals surface area contributed by atoms with Crippen molar-refractivity contribution in [3.8, 4) is 17.7 Å². The zero-order chi connectivity index (χ0) is 24.1. The predicted octanol–water partition coefficient (Wildman–Crippen LogP) is 4.07. The number of nitrogens with zero attached hydrogens (tertiary/aromatic N) is 4. The van der Waals surface area contributed by atoms with Crippen LogP contribution >= 0.6 is 10.7 Å². The van der Waals surface area contributed by atoms with Crippen molar-refractivity contribution in [3.05, 3.63) is 39.7 Å². The minimum absolute atomic E-state index is 0.0205. The number of hydrogen-bond donors (Lipinski definition) is 1. The van der Waals surface area contributed by atoms with Gasteiger partial charge in [-0.25, -0.2) is 8.42 Å². The Labute approximate surface area is 190 Å². The van der Waals surface area contributed by atoms with E-state index in [1.54, 1.807) is 6.92 Å². The molecule has 0 spiro atoms. The van der Waals surface area contributed by atoms with Crippen LogP contribution in [0.2, 0.25) is 0 Å². The molecule has 0 bridgehead atoms. The third-order valence-electron chi connectivity index (χ3n) is 4.75. The number of azo groups is 1. The van der Waals surface area contributed by atoms with Crippen molar-refractivity contribution in [2.75, 3.05) is 20.3 Å². The average Bonchev–Trinajstić information content (AvgIpc) is 2.73. The lowest BCUT2D eigenvalue weighted by Crippen LogP contribution is -2.26. The first-order valence-corrected chi connectivity index (χ1v) is 11.9. The number of hydrogen-bond acceptors (Lipinski definition) is 9. The fourth-order valence-electron chi connectivity index (χ4n) is 2.83. The van der Waals surface area contributed by atoms with Crippen LogP contribution < -0.4 is 10.3 Å². The van der Waals surface area contributed by atoms with Crippen LogP contribution in [0.4, 0.5) is 11.4 Å². The Balaban J connectivity index is 2.58. The predicted molar refractivity (Wildman–Crippen MR) is 118 cm³/mol.